The third kappa shape index (κ3) is 4.71. The Morgan fingerprint density at radius 3 is 2.12 bits per heavy atom. The summed E-state index contributed by atoms with van der Waals surface area (Å²) in [4.78, 5) is 14.6. The summed E-state index contributed by atoms with van der Waals surface area (Å²) in [6.07, 6.45) is 0. The van der Waals surface area contributed by atoms with Crippen molar-refractivity contribution in [2.24, 2.45) is 0 Å². The van der Waals surface area contributed by atoms with Gasteiger partial charge in [-0.3, -0.25) is 4.79 Å². The van der Waals surface area contributed by atoms with Crippen molar-refractivity contribution < 1.29 is 4.79 Å². The average molecular weight is 341 g/mol. The lowest BCUT2D eigenvalue weighted by Gasteiger charge is -2.24. The van der Waals surface area contributed by atoms with E-state index in [4.69, 9.17) is 5.26 Å². The molecule has 0 aromatic heterocycles. The number of carbonyl (C=O) groups excluding carboxylic acids is 1. The monoisotopic (exact) mass is 341 g/mol. The number of nitrogens with zero attached hydrogens (tertiary/aromatic N) is 2. The second kappa shape index (κ2) is 8.50. The number of amides is 1. The molecule has 0 saturated heterocycles. The molecule has 26 heavy (non-hydrogen) atoms. The lowest BCUT2D eigenvalue weighted by molar-refractivity contribution is -0.115. The molecule has 1 N–H and O–H groups in total. The SMILES string of the molecule is N#Cc1ccc(NC(=O)CN(Cc2ccccc2)c2ccccc2)cc1. The molecular weight excluding hydrogens is 322 g/mol. The Labute approximate surface area is 153 Å². The molecule has 128 valence electrons. The third-order valence-corrected chi connectivity index (χ3v) is 3.97. The minimum absolute atomic E-state index is 0.102. The zero-order chi connectivity index (χ0) is 18.2. The lowest BCUT2D eigenvalue weighted by atomic mass is 10.2. The van der Waals surface area contributed by atoms with Crippen LogP contribution in [0.5, 0.6) is 0 Å². The minimum Gasteiger partial charge on any atom is -0.358 e. The molecule has 3 aromatic rings. The van der Waals surface area contributed by atoms with Crippen LogP contribution in [0.3, 0.4) is 0 Å². The molecule has 0 aliphatic heterocycles. The maximum absolute atomic E-state index is 12.5. The van der Waals surface area contributed by atoms with Crippen molar-refractivity contribution in [3.8, 4) is 6.07 Å². The number of anilines is 2. The summed E-state index contributed by atoms with van der Waals surface area (Å²) in [5.41, 5.74) is 3.38. The molecule has 3 aromatic carbocycles. The highest BCUT2D eigenvalue weighted by atomic mass is 16.2. The van der Waals surface area contributed by atoms with Crippen LogP contribution in [0, 0.1) is 11.3 Å². The van der Waals surface area contributed by atoms with Gasteiger partial charge in [-0.15, -0.1) is 0 Å². The van der Waals surface area contributed by atoms with Crippen LogP contribution in [0.15, 0.2) is 84.9 Å². The third-order valence-electron chi connectivity index (χ3n) is 3.97. The van der Waals surface area contributed by atoms with Crippen molar-refractivity contribution in [3.63, 3.8) is 0 Å². The highest BCUT2D eigenvalue weighted by Crippen LogP contribution is 2.17. The van der Waals surface area contributed by atoms with Gasteiger partial charge in [0, 0.05) is 17.9 Å². The van der Waals surface area contributed by atoms with Gasteiger partial charge >= 0.3 is 0 Å². The second-order valence-corrected chi connectivity index (χ2v) is 5.91. The molecule has 0 heterocycles. The second-order valence-electron chi connectivity index (χ2n) is 5.91. The maximum Gasteiger partial charge on any atom is 0.243 e. The molecule has 0 atom stereocenters. The van der Waals surface area contributed by atoms with Crippen molar-refractivity contribution in [1.82, 2.24) is 0 Å². The van der Waals surface area contributed by atoms with Crippen molar-refractivity contribution >= 4 is 17.3 Å². The maximum atomic E-state index is 12.5. The highest BCUT2D eigenvalue weighted by Gasteiger charge is 2.12. The van der Waals surface area contributed by atoms with E-state index in [2.05, 4.69) is 23.5 Å². The van der Waals surface area contributed by atoms with Crippen molar-refractivity contribution in [3.05, 3.63) is 96.1 Å². The first-order valence-electron chi connectivity index (χ1n) is 8.38. The summed E-state index contributed by atoms with van der Waals surface area (Å²) < 4.78 is 0. The molecule has 0 bridgehead atoms. The van der Waals surface area contributed by atoms with Crippen LogP contribution in [0.4, 0.5) is 11.4 Å². The first kappa shape index (κ1) is 17.2. The van der Waals surface area contributed by atoms with E-state index in [1.54, 1.807) is 24.3 Å². The van der Waals surface area contributed by atoms with Gasteiger partial charge in [0.1, 0.15) is 0 Å². The van der Waals surface area contributed by atoms with Crippen LogP contribution in [0.2, 0.25) is 0 Å². The summed E-state index contributed by atoms with van der Waals surface area (Å²) >= 11 is 0. The van der Waals surface area contributed by atoms with Gasteiger partial charge in [0.2, 0.25) is 5.91 Å². The topological polar surface area (TPSA) is 56.1 Å². The Balaban J connectivity index is 1.72. The van der Waals surface area contributed by atoms with Gasteiger partial charge in [0.25, 0.3) is 0 Å². The number of carbonyl (C=O) groups is 1. The number of hydrogen-bond acceptors (Lipinski definition) is 3. The minimum atomic E-state index is -0.102. The molecular formula is C22H19N3O. The van der Waals surface area contributed by atoms with E-state index in [0.717, 1.165) is 11.3 Å². The van der Waals surface area contributed by atoms with E-state index < -0.39 is 0 Å². The summed E-state index contributed by atoms with van der Waals surface area (Å²) in [5, 5.41) is 11.7. The van der Waals surface area contributed by atoms with E-state index in [1.807, 2.05) is 53.4 Å². The predicted molar refractivity (Wildman–Crippen MR) is 104 cm³/mol. The van der Waals surface area contributed by atoms with Crippen molar-refractivity contribution in [2.75, 3.05) is 16.8 Å². The smallest absolute Gasteiger partial charge is 0.243 e. The quantitative estimate of drug-likeness (QED) is 0.731. The zero-order valence-corrected chi connectivity index (χ0v) is 14.3. The molecule has 0 aliphatic rings. The molecule has 0 radical (unpaired) electrons. The number of nitriles is 1. The Morgan fingerprint density at radius 1 is 0.885 bits per heavy atom. The van der Waals surface area contributed by atoms with E-state index in [1.165, 1.54) is 0 Å². The highest BCUT2D eigenvalue weighted by molar-refractivity contribution is 5.94. The molecule has 1 amide bonds. The Hall–Kier alpha value is -3.58. The van der Waals surface area contributed by atoms with Gasteiger partial charge in [-0.2, -0.15) is 5.26 Å². The fourth-order valence-corrected chi connectivity index (χ4v) is 2.68. The number of benzene rings is 3. The fourth-order valence-electron chi connectivity index (χ4n) is 2.68. The normalized spacial score (nSPS) is 9.96. The number of hydrogen-bond donors (Lipinski definition) is 1. The van der Waals surface area contributed by atoms with E-state index in [0.29, 0.717) is 17.8 Å². The first-order valence-corrected chi connectivity index (χ1v) is 8.38. The number of rotatable bonds is 6. The summed E-state index contributed by atoms with van der Waals surface area (Å²) in [5.74, 6) is -0.102. The molecule has 0 aliphatic carbocycles. The van der Waals surface area contributed by atoms with E-state index >= 15 is 0 Å². The summed E-state index contributed by atoms with van der Waals surface area (Å²) in [6.45, 7) is 0.880. The standard InChI is InChI=1S/C22H19N3O/c23-15-18-11-13-20(14-12-18)24-22(26)17-25(21-9-5-2-6-10-21)16-19-7-3-1-4-8-19/h1-14H,16-17H2,(H,24,26). The Kier molecular flexibility index (Phi) is 5.64. The van der Waals surface area contributed by atoms with Gasteiger partial charge < -0.3 is 10.2 Å². The predicted octanol–water partition coefficient (Wildman–Crippen LogP) is 4.20. The Morgan fingerprint density at radius 2 is 1.50 bits per heavy atom. The molecule has 0 saturated carbocycles. The molecule has 0 unspecified atom stereocenters. The van der Waals surface area contributed by atoms with Crippen LogP contribution in [-0.4, -0.2) is 12.5 Å². The molecule has 0 spiro atoms. The fraction of sp³-hybridized carbons (Fsp3) is 0.0909. The summed E-state index contributed by atoms with van der Waals surface area (Å²) in [6, 6.07) is 28.9. The van der Waals surface area contributed by atoms with E-state index in [9.17, 15) is 4.79 Å². The van der Waals surface area contributed by atoms with Gasteiger partial charge in [-0.05, 0) is 42.0 Å². The largest absolute Gasteiger partial charge is 0.358 e. The average Bonchev–Trinajstić information content (AvgIpc) is 2.69. The number of para-hydroxylation sites is 1. The van der Waals surface area contributed by atoms with Crippen molar-refractivity contribution in [1.29, 1.82) is 5.26 Å². The molecule has 4 nitrogen and oxygen atoms in total. The van der Waals surface area contributed by atoms with E-state index in [-0.39, 0.29) is 12.5 Å². The van der Waals surface area contributed by atoms with Gasteiger partial charge in [0.05, 0.1) is 18.2 Å². The first-order chi connectivity index (χ1) is 12.7. The Bertz CT molecular complexity index is 884. The lowest BCUT2D eigenvalue weighted by Crippen LogP contribution is -2.32. The molecule has 0 fully saturated rings. The van der Waals surface area contributed by atoms with Gasteiger partial charge in [-0.1, -0.05) is 48.5 Å². The van der Waals surface area contributed by atoms with Crippen LogP contribution in [-0.2, 0) is 11.3 Å². The van der Waals surface area contributed by atoms with Gasteiger partial charge in [0.15, 0.2) is 0 Å². The molecule has 3 rings (SSSR count). The van der Waals surface area contributed by atoms with Crippen LogP contribution >= 0.6 is 0 Å². The zero-order valence-electron chi connectivity index (χ0n) is 14.3. The summed E-state index contributed by atoms with van der Waals surface area (Å²) in [7, 11) is 0. The van der Waals surface area contributed by atoms with Crippen LogP contribution in [0.25, 0.3) is 0 Å². The van der Waals surface area contributed by atoms with Crippen LogP contribution in [0.1, 0.15) is 11.1 Å². The van der Waals surface area contributed by atoms with Crippen molar-refractivity contribution in [2.45, 2.75) is 6.54 Å². The van der Waals surface area contributed by atoms with Gasteiger partial charge in [-0.25, -0.2) is 0 Å². The number of nitrogens with one attached hydrogen (secondary N) is 1. The molecule has 4 heteroatoms. The van der Waals surface area contributed by atoms with Crippen LogP contribution < -0.4 is 10.2 Å².